The Balaban J connectivity index is 2.08. The number of carbonyl (C=O) groups is 1. The van der Waals surface area contributed by atoms with Gasteiger partial charge in [0.05, 0.1) is 19.7 Å². The number of aromatic amines is 1. The van der Waals surface area contributed by atoms with E-state index in [0.717, 1.165) is 6.20 Å². The van der Waals surface area contributed by atoms with Crippen molar-refractivity contribution < 1.29 is 14.6 Å². The first-order valence-corrected chi connectivity index (χ1v) is 5.85. The molecule has 0 fully saturated rings. The van der Waals surface area contributed by atoms with Gasteiger partial charge in [0.15, 0.2) is 11.5 Å². The number of amides is 1. The SMILES string of the molecule is COc1cc(/C=N/NC(=O)c2cnc[nH]c2=O)ccc1O. The van der Waals surface area contributed by atoms with Crippen LogP contribution in [0.3, 0.4) is 0 Å². The van der Waals surface area contributed by atoms with E-state index in [-0.39, 0.29) is 17.1 Å². The molecule has 0 radical (unpaired) electrons. The zero-order chi connectivity index (χ0) is 15.2. The van der Waals surface area contributed by atoms with Crippen molar-refractivity contribution in [3.8, 4) is 11.5 Å². The largest absolute Gasteiger partial charge is 0.504 e. The van der Waals surface area contributed by atoms with E-state index < -0.39 is 11.5 Å². The molecule has 0 saturated heterocycles. The molecule has 0 unspecified atom stereocenters. The number of hydrazone groups is 1. The molecule has 21 heavy (non-hydrogen) atoms. The van der Waals surface area contributed by atoms with Gasteiger partial charge in [-0.1, -0.05) is 0 Å². The van der Waals surface area contributed by atoms with Crippen LogP contribution >= 0.6 is 0 Å². The minimum atomic E-state index is -0.675. The number of hydrogen-bond acceptors (Lipinski definition) is 6. The molecule has 0 aliphatic heterocycles. The normalized spacial score (nSPS) is 10.5. The van der Waals surface area contributed by atoms with Gasteiger partial charge in [0, 0.05) is 6.20 Å². The van der Waals surface area contributed by atoms with Crippen molar-refractivity contribution in [1.29, 1.82) is 0 Å². The number of aromatic nitrogens is 2. The van der Waals surface area contributed by atoms with Gasteiger partial charge in [-0.05, 0) is 23.8 Å². The van der Waals surface area contributed by atoms with Crippen LogP contribution in [-0.2, 0) is 0 Å². The number of aromatic hydroxyl groups is 1. The highest BCUT2D eigenvalue weighted by molar-refractivity contribution is 5.94. The third-order valence-corrected chi connectivity index (χ3v) is 2.55. The van der Waals surface area contributed by atoms with Crippen molar-refractivity contribution in [3.63, 3.8) is 0 Å². The summed E-state index contributed by atoms with van der Waals surface area (Å²) in [6.45, 7) is 0. The van der Waals surface area contributed by atoms with Crippen LogP contribution in [0.5, 0.6) is 11.5 Å². The van der Waals surface area contributed by atoms with E-state index >= 15 is 0 Å². The predicted octanol–water partition coefficient (Wildman–Crippen LogP) is 0.248. The molecule has 2 aromatic rings. The number of nitrogens with zero attached hydrogens (tertiary/aromatic N) is 2. The number of phenols is 1. The van der Waals surface area contributed by atoms with Gasteiger partial charge in [-0.2, -0.15) is 5.10 Å². The van der Waals surface area contributed by atoms with Crippen molar-refractivity contribution in [2.75, 3.05) is 7.11 Å². The molecule has 0 aliphatic carbocycles. The fraction of sp³-hybridized carbons (Fsp3) is 0.0769. The van der Waals surface area contributed by atoms with Crippen LogP contribution in [0.15, 0.2) is 40.6 Å². The summed E-state index contributed by atoms with van der Waals surface area (Å²) in [6, 6.07) is 4.57. The topological polar surface area (TPSA) is 117 Å². The minimum absolute atomic E-state index is 0.000536. The monoisotopic (exact) mass is 288 g/mol. The average Bonchev–Trinajstić information content (AvgIpc) is 2.49. The Kier molecular flexibility index (Phi) is 4.30. The Bertz CT molecular complexity index is 739. The fourth-order valence-corrected chi connectivity index (χ4v) is 1.51. The fourth-order valence-electron chi connectivity index (χ4n) is 1.51. The van der Waals surface area contributed by atoms with Gasteiger partial charge in [-0.3, -0.25) is 9.59 Å². The number of hydrogen-bond donors (Lipinski definition) is 3. The summed E-state index contributed by atoms with van der Waals surface area (Å²) in [5.74, 6) is -0.388. The van der Waals surface area contributed by atoms with Crippen LogP contribution < -0.4 is 15.7 Å². The molecule has 0 atom stereocenters. The molecule has 0 bridgehead atoms. The van der Waals surface area contributed by atoms with Gasteiger partial charge < -0.3 is 14.8 Å². The van der Waals surface area contributed by atoms with Gasteiger partial charge in [0.25, 0.3) is 11.5 Å². The molecule has 1 aromatic heterocycles. The first kappa shape index (κ1) is 14.3. The van der Waals surface area contributed by atoms with Crippen LogP contribution in [0.2, 0.25) is 0 Å². The summed E-state index contributed by atoms with van der Waals surface area (Å²) in [5, 5.41) is 13.2. The van der Waals surface area contributed by atoms with Crippen LogP contribution in [0.1, 0.15) is 15.9 Å². The third kappa shape index (κ3) is 3.44. The van der Waals surface area contributed by atoms with Crippen LogP contribution in [0.25, 0.3) is 0 Å². The maximum atomic E-state index is 11.7. The lowest BCUT2D eigenvalue weighted by Crippen LogP contribution is -2.26. The second-order valence-corrected chi connectivity index (χ2v) is 3.92. The lowest BCUT2D eigenvalue weighted by atomic mass is 10.2. The van der Waals surface area contributed by atoms with Crippen LogP contribution in [0.4, 0.5) is 0 Å². The smallest absolute Gasteiger partial charge is 0.278 e. The zero-order valence-electron chi connectivity index (χ0n) is 11.0. The lowest BCUT2D eigenvalue weighted by Gasteiger charge is -2.03. The van der Waals surface area contributed by atoms with Gasteiger partial charge in [-0.15, -0.1) is 0 Å². The highest BCUT2D eigenvalue weighted by Crippen LogP contribution is 2.25. The highest BCUT2D eigenvalue weighted by atomic mass is 16.5. The average molecular weight is 288 g/mol. The summed E-state index contributed by atoms with van der Waals surface area (Å²) < 4.78 is 4.95. The molecule has 8 heteroatoms. The molecule has 8 nitrogen and oxygen atoms in total. The zero-order valence-corrected chi connectivity index (χ0v) is 11.0. The Hall–Kier alpha value is -3.16. The van der Waals surface area contributed by atoms with Crippen molar-refractivity contribution in [2.45, 2.75) is 0 Å². The molecule has 108 valence electrons. The molecule has 1 heterocycles. The number of nitrogens with one attached hydrogen (secondary N) is 2. The van der Waals surface area contributed by atoms with Crippen LogP contribution in [0, 0.1) is 0 Å². The van der Waals surface area contributed by atoms with Gasteiger partial charge in [0.1, 0.15) is 5.56 Å². The van der Waals surface area contributed by atoms with E-state index in [1.165, 1.54) is 25.7 Å². The number of carbonyl (C=O) groups excluding carboxylic acids is 1. The number of benzene rings is 1. The number of methoxy groups -OCH3 is 1. The number of rotatable bonds is 4. The van der Waals surface area contributed by atoms with E-state index in [0.29, 0.717) is 5.56 Å². The number of H-pyrrole nitrogens is 1. The van der Waals surface area contributed by atoms with E-state index in [1.807, 2.05) is 0 Å². The standard InChI is InChI=1S/C13H12N4O4/c1-21-11-4-8(2-3-10(11)18)5-16-17-13(20)9-6-14-7-15-12(9)19/h2-7,18H,1H3,(H,17,20)(H,14,15,19)/b16-5+. The molecule has 1 aromatic carbocycles. The summed E-state index contributed by atoms with van der Waals surface area (Å²) in [5.41, 5.74) is 2.12. The maximum absolute atomic E-state index is 11.7. The van der Waals surface area contributed by atoms with Crippen molar-refractivity contribution >= 4 is 12.1 Å². The molecule has 3 N–H and O–H groups in total. The van der Waals surface area contributed by atoms with E-state index in [1.54, 1.807) is 12.1 Å². The molecule has 0 aliphatic rings. The Morgan fingerprint density at radius 3 is 3.05 bits per heavy atom. The van der Waals surface area contributed by atoms with Gasteiger partial charge in [-0.25, -0.2) is 10.4 Å². The molecule has 0 spiro atoms. The summed E-state index contributed by atoms with van der Waals surface area (Å²) in [6.07, 6.45) is 3.68. The second kappa shape index (κ2) is 6.33. The molecule has 0 saturated carbocycles. The van der Waals surface area contributed by atoms with Crippen molar-refractivity contribution in [2.24, 2.45) is 5.10 Å². The Labute approximate surface area is 119 Å². The van der Waals surface area contributed by atoms with Crippen molar-refractivity contribution in [1.82, 2.24) is 15.4 Å². The van der Waals surface area contributed by atoms with E-state index in [2.05, 4.69) is 20.5 Å². The van der Waals surface area contributed by atoms with E-state index in [4.69, 9.17) is 4.74 Å². The molecule has 1 amide bonds. The first-order valence-electron chi connectivity index (χ1n) is 5.85. The molecule has 2 rings (SSSR count). The third-order valence-electron chi connectivity index (χ3n) is 2.55. The highest BCUT2D eigenvalue weighted by Gasteiger charge is 2.08. The molecular weight excluding hydrogens is 276 g/mol. The van der Waals surface area contributed by atoms with Crippen LogP contribution in [-0.4, -0.2) is 34.3 Å². The number of ether oxygens (including phenoxy) is 1. The summed E-state index contributed by atoms with van der Waals surface area (Å²) in [7, 11) is 1.42. The van der Waals surface area contributed by atoms with Gasteiger partial charge in [0.2, 0.25) is 0 Å². The predicted molar refractivity (Wildman–Crippen MR) is 74.6 cm³/mol. The Morgan fingerprint density at radius 1 is 1.52 bits per heavy atom. The lowest BCUT2D eigenvalue weighted by molar-refractivity contribution is 0.0953. The second-order valence-electron chi connectivity index (χ2n) is 3.92. The summed E-state index contributed by atoms with van der Waals surface area (Å²) >= 11 is 0. The quantitative estimate of drug-likeness (QED) is 0.550. The maximum Gasteiger partial charge on any atom is 0.278 e. The molecular formula is C13H12N4O4. The van der Waals surface area contributed by atoms with Gasteiger partial charge >= 0.3 is 0 Å². The van der Waals surface area contributed by atoms with Crippen molar-refractivity contribution in [3.05, 3.63) is 52.2 Å². The number of phenolic OH excluding ortho intramolecular Hbond substituents is 1. The minimum Gasteiger partial charge on any atom is -0.504 e. The summed E-state index contributed by atoms with van der Waals surface area (Å²) in [4.78, 5) is 29.0. The first-order chi connectivity index (χ1) is 10.1. The van der Waals surface area contributed by atoms with E-state index in [9.17, 15) is 14.7 Å². The Morgan fingerprint density at radius 2 is 2.33 bits per heavy atom.